The number of piperidine rings is 1. The molecule has 0 bridgehead atoms. The van der Waals surface area contributed by atoms with Crippen molar-refractivity contribution < 1.29 is 23.5 Å². The van der Waals surface area contributed by atoms with Crippen LogP contribution in [-0.4, -0.2) is 53.0 Å². The number of amides is 3. The highest BCUT2D eigenvalue weighted by atomic mass is 32.1. The zero-order chi connectivity index (χ0) is 24.8. The number of hydrogen-bond acceptors (Lipinski definition) is 7. The molecule has 182 valence electrons. The van der Waals surface area contributed by atoms with Gasteiger partial charge in [-0.2, -0.15) is 0 Å². The maximum Gasteiger partial charge on any atom is 0.286 e. The van der Waals surface area contributed by atoms with Gasteiger partial charge in [-0.1, -0.05) is 29.5 Å². The van der Waals surface area contributed by atoms with E-state index in [9.17, 15) is 18.8 Å². The molecule has 0 aliphatic carbocycles. The number of hydrogen-bond donors (Lipinski definition) is 2. The van der Waals surface area contributed by atoms with Crippen molar-refractivity contribution >= 4 is 34.7 Å². The number of nitrogens with one attached hydrogen (secondary N) is 2. The molecule has 0 spiro atoms. The van der Waals surface area contributed by atoms with Crippen LogP contribution in [0.5, 0.6) is 5.75 Å². The smallest absolute Gasteiger partial charge is 0.286 e. The molecule has 2 aromatic carbocycles. The fourth-order valence-corrected chi connectivity index (χ4v) is 4.45. The molecular weight excluding hydrogens is 473 g/mol. The first kappa shape index (κ1) is 24.3. The van der Waals surface area contributed by atoms with Crippen molar-refractivity contribution in [1.29, 1.82) is 0 Å². The van der Waals surface area contributed by atoms with Crippen molar-refractivity contribution in [3.8, 4) is 5.75 Å². The fraction of sp³-hybridized carbons (Fsp3) is 0.292. The van der Waals surface area contributed by atoms with Crippen LogP contribution < -0.4 is 15.4 Å². The molecule has 35 heavy (non-hydrogen) atoms. The second kappa shape index (κ2) is 11.0. The summed E-state index contributed by atoms with van der Waals surface area (Å²) in [5.74, 6) is -1.22. The number of nitrogens with zero attached hydrogens (tertiary/aromatic N) is 3. The van der Waals surface area contributed by atoms with Gasteiger partial charge in [0.15, 0.2) is 0 Å². The molecule has 3 aromatic rings. The Kier molecular flexibility index (Phi) is 7.66. The standard InChI is InChI=1S/C24H24FN5O4S/c1-34-18-10-8-17(9-11-18)27-21(32)22-28-29-23(35-22)24(33)30-12-4-6-16(14-30)20(31)26-13-15-5-2-3-7-19(15)25/h2-3,5,7-11,16H,4,6,12-14H2,1H3,(H,26,31)(H,27,32). The largest absolute Gasteiger partial charge is 0.497 e. The van der Waals surface area contributed by atoms with Crippen molar-refractivity contribution in [3.05, 3.63) is 69.9 Å². The summed E-state index contributed by atoms with van der Waals surface area (Å²) in [5.41, 5.74) is 0.957. The average Bonchev–Trinajstić information content (AvgIpc) is 3.39. The van der Waals surface area contributed by atoms with Gasteiger partial charge in [0, 0.05) is 30.9 Å². The predicted octanol–water partition coefficient (Wildman–Crippen LogP) is 3.11. The summed E-state index contributed by atoms with van der Waals surface area (Å²) in [6, 6.07) is 13.1. The van der Waals surface area contributed by atoms with E-state index in [0.717, 1.165) is 11.3 Å². The monoisotopic (exact) mass is 497 g/mol. The Morgan fingerprint density at radius 1 is 1.11 bits per heavy atom. The first-order valence-electron chi connectivity index (χ1n) is 11.0. The number of aromatic nitrogens is 2. The van der Waals surface area contributed by atoms with E-state index in [1.807, 2.05) is 0 Å². The molecule has 9 nitrogen and oxygen atoms in total. The van der Waals surface area contributed by atoms with Crippen molar-refractivity contribution in [3.63, 3.8) is 0 Å². The SMILES string of the molecule is COc1ccc(NC(=O)c2nnc(C(=O)N3CCCC(C(=O)NCc4ccccc4F)C3)s2)cc1. The van der Waals surface area contributed by atoms with Gasteiger partial charge in [-0.15, -0.1) is 10.2 Å². The highest BCUT2D eigenvalue weighted by Gasteiger charge is 2.31. The second-order valence-corrected chi connectivity index (χ2v) is 8.97. The molecule has 1 fully saturated rings. The summed E-state index contributed by atoms with van der Waals surface area (Å²) < 4.78 is 18.9. The Bertz CT molecular complexity index is 1220. The van der Waals surface area contributed by atoms with E-state index in [-0.39, 0.29) is 40.7 Å². The van der Waals surface area contributed by atoms with Gasteiger partial charge in [-0.05, 0) is 43.2 Å². The lowest BCUT2D eigenvalue weighted by molar-refractivity contribution is -0.126. The van der Waals surface area contributed by atoms with E-state index in [2.05, 4.69) is 20.8 Å². The zero-order valence-corrected chi connectivity index (χ0v) is 19.8. The van der Waals surface area contributed by atoms with Gasteiger partial charge < -0.3 is 20.3 Å². The van der Waals surface area contributed by atoms with Crippen LogP contribution in [0, 0.1) is 11.7 Å². The van der Waals surface area contributed by atoms with Gasteiger partial charge in [0.25, 0.3) is 11.8 Å². The topological polar surface area (TPSA) is 114 Å². The van der Waals surface area contributed by atoms with E-state index in [0.29, 0.717) is 36.4 Å². The molecule has 0 saturated carbocycles. The number of carbonyl (C=O) groups excluding carboxylic acids is 3. The summed E-state index contributed by atoms with van der Waals surface area (Å²) in [6.45, 7) is 0.775. The average molecular weight is 498 g/mol. The zero-order valence-electron chi connectivity index (χ0n) is 19.0. The number of halogens is 1. The van der Waals surface area contributed by atoms with Crippen LogP contribution in [0.2, 0.25) is 0 Å². The fourth-order valence-electron chi connectivity index (χ4n) is 3.74. The summed E-state index contributed by atoms with van der Waals surface area (Å²) in [7, 11) is 1.55. The molecule has 1 unspecified atom stereocenters. The maximum absolute atomic E-state index is 13.8. The first-order chi connectivity index (χ1) is 16.9. The lowest BCUT2D eigenvalue weighted by Gasteiger charge is -2.31. The molecule has 1 aliphatic rings. The van der Waals surface area contributed by atoms with E-state index in [1.54, 1.807) is 54.5 Å². The molecule has 1 atom stereocenters. The van der Waals surface area contributed by atoms with Crippen LogP contribution in [0.3, 0.4) is 0 Å². The molecule has 2 N–H and O–H groups in total. The third kappa shape index (κ3) is 5.99. The molecule has 3 amide bonds. The Balaban J connectivity index is 1.33. The molecule has 11 heteroatoms. The van der Waals surface area contributed by atoms with Crippen LogP contribution in [-0.2, 0) is 11.3 Å². The number of benzene rings is 2. The van der Waals surface area contributed by atoms with Crippen molar-refractivity contribution in [2.75, 3.05) is 25.5 Å². The van der Waals surface area contributed by atoms with Crippen LogP contribution in [0.1, 0.15) is 38.0 Å². The van der Waals surface area contributed by atoms with E-state index in [4.69, 9.17) is 4.74 Å². The third-order valence-corrected chi connectivity index (χ3v) is 6.55. The number of carbonyl (C=O) groups is 3. The highest BCUT2D eigenvalue weighted by Crippen LogP contribution is 2.22. The lowest BCUT2D eigenvalue weighted by atomic mass is 9.97. The van der Waals surface area contributed by atoms with Gasteiger partial charge >= 0.3 is 0 Å². The predicted molar refractivity (Wildman–Crippen MR) is 128 cm³/mol. The highest BCUT2D eigenvalue weighted by molar-refractivity contribution is 7.15. The minimum absolute atomic E-state index is 0.0559. The van der Waals surface area contributed by atoms with Gasteiger partial charge in [0.05, 0.1) is 13.0 Å². The summed E-state index contributed by atoms with van der Waals surface area (Å²) in [4.78, 5) is 39.6. The Hall–Kier alpha value is -3.86. The third-order valence-electron chi connectivity index (χ3n) is 5.64. The van der Waals surface area contributed by atoms with Crippen LogP contribution in [0.4, 0.5) is 10.1 Å². The lowest BCUT2D eigenvalue weighted by Crippen LogP contribution is -2.45. The van der Waals surface area contributed by atoms with E-state index >= 15 is 0 Å². The Labute approximate surface area is 205 Å². The molecule has 2 heterocycles. The molecule has 4 rings (SSSR count). The summed E-state index contributed by atoms with van der Waals surface area (Å²) in [5, 5.41) is 13.3. The van der Waals surface area contributed by atoms with Gasteiger partial charge in [-0.3, -0.25) is 14.4 Å². The molecule has 0 radical (unpaired) electrons. The molecule has 1 aliphatic heterocycles. The number of anilines is 1. The van der Waals surface area contributed by atoms with Crippen LogP contribution >= 0.6 is 11.3 Å². The maximum atomic E-state index is 13.8. The number of likely N-dealkylation sites (tertiary alicyclic amines) is 1. The first-order valence-corrected chi connectivity index (χ1v) is 11.9. The minimum Gasteiger partial charge on any atom is -0.497 e. The Morgan fingerprint density at radius 2 is 1.86 bits per heavy atom. The number of ether oxygens (including phenoxy) is 1. The Morgan fingerprint density at radius 3 is 2.60 bits per heavy atom. The summed E-state index contributed by atoms with van der Waals surface area (Å²) in [6.07, 6.45) is 1.27. The van der Waals surface area contributed by atoms with Crippen LogP contribution in [0.25, 0.3) is 0 Å². The molecule has 1 aromatic heterocycles. The van der Waals surface area contributed by atoms with Crippen molar-refractivity contribution in [2.24, 2.45) is 5.92 Å². The van der Waals surface area contributed by atoms with Gasteiger partial charge in [0.1, 0.15) is 11.6 Å². The van der Waals surface area contributed by atoms with E-state index < -0.39 is 11.8 Å². The molecular formula is C24H24FN5O4S. The quantitative estimate of drug-likeness (QED) is 0.519. The number of methoxy groups -OCH3 is 1. The molecule has 1 saturated heterocycles. The van der Waals surface area contributed by atoms with Gasteiger partial charge in [-0.25, -0.2) is 4.39 Å². The normalized spacial score (nSPS) is 15.4. The van der Waals surface area contributed by atoms with Crippen molar-refractivity contribution in [2.45, 2.75) is 19.4 Å². The minimum atomic E-state index is -0.476. The van der Waals surface area contributed by atoms with E-state index in [1.165, 1.54) is 6.07 Å². The van der Waals surface area contributed by atoms with Gasteiger partial charge in [0.2, 0.25) is 15.9 Å². The second-order valence-electron chi connectivity index (χ2n) is 7.99. The number of rotatable bonds is 7. The van der Waals surface area contributed by atoms with Crippen LogP contribution in [0.15, 0.2) is 48.5 Å². The summed E-state index contributed by atoms with van der Waals surface area (Å²) >= 11 is 0.896. The van der Waals surface area contributed by atoms with Crippen molar-refractivity contribution in [1.82, 2.24) is 20.4 Å².